The van der Waals surface area contributed by atoms with Crippen molar-refractivity contribution in [3.05, 3.63) is 75.8 Å². The first kappa shape index (κ1) is 28.8. The topological polar surface area (TPSA) is 117 Å². The van der Waals surface area contributed by atoms with Crippen molar-refractivity contribution >= 4 is 29.4 Å². The summed E-state index contributed by atoms with van der Waals surface area (Å²) in [5.74, 6) is 0.323. The molecule has 2 aliphatic heterocycles. The molecule has 10 heteroatoms. The summed E-state index contributed by atoms with van der Waals surface area (Å²) in [4.78, 5) is 17.8. The van der Waals surface area contributed by atoms with Crippen LogP contribution >= 0.6 is 11.6 Å². The van der Waals surface area contributed by atoms with E-state index in [0.717, 1.165) is 39.8 Å². The van der Waals surface area contributed by atoms with E-state index in [1.165, 1.54) is 0 Å². The fourth-order valence-corrected chi connectivity index (χ4v) is 5.40. The predicted molar refractivity (Wildman–Crippen MR) is 161 cm³/mol. The van der Waals surface area contributed by atoms with Gasteiger partial charge >= 0.3 is 0 Å². The Labute approximate surface area is 244 Å². The molecular formula is C31H34ClN5O4. The van der Waals surface area contributed by atoms with Crippen molar-refractivity contribution in [2.45, 2.75) is 39.0 Å². The molecule has 0 spiro atoms. The van der Waals surface area contributed by atoms with Crippen LogP contribution in [0.25, 0.3) is 22.4 Å². The van der Waals surface area contributed by atoms with Gasteiger partial charge in [-0.2, -0.15) is 5.10 Å². The van der Waals surface area contributed by atoms with Crippen molar-refractivity contribution in [2.24, 2.45) is 5.10 Å². The van der Waals surface area contributed by atoms with Gasteiger partial charge in [-0.05, 0) is 49.1 Å². The lowest BCUT2D eigenvalue weighted by atomic mass is 9.96. The Morgan fingerprint density at radius 2 is 1.93 bits per heavy atom. The molecule has 2 aromatic carbocycles. The van der Waals surface area contributed by atoms with Gasteiger partial charge in [0.2, 0.25) is 5.88 Å². The number of hydrogen-bond donors (Lipinski definition) is 4. The number of nitrogens with one attached hydrogen (secondary N) is 3. The second-order valence-electron chi connectivity index (χ2n) is 10.1. The number of anilines is 1. The Morgan fingerprint density at radius 3 is 2.71 bits per heavy atom. The van der Waals surface area contributed by atoms with Gasteiger partial charge in [0.05, 0.1) is 43.3 Å². The normalized spacial score (nSPS) is 18.7. The lowest BCUT2D eigenvalue weighted by Gasteiger charge is -2.28. The van der Waals surface area contributed by atoms with E-state index in [0.29, 0.717) is 54.2 Å². The van der Waals surface area contributed by atoms with E-state index in [2.05, 4.69) is 21.2 Å². The number of rotatable bonds is 8. The largest absolute Gasteiger partial charge is 0.481 e. The van der Waals surface area contributed by atoms with Crippen LogP contribution in [0.3, 0.4) is 0 Å². The monoisotopic (exact) mass is 575 g/mol. The summed E-state index contributed by atoms with van der Waals surface area (Å²) in [6, 6.07) is 15.4. The molecule has 5 rings (SSSR count). The summed E-state index contributed by atoms with van der Waals surface area (Å²) >= 11 is 7.01. The fraction of sp³-hybridized carbons (Fsp3) is 0.323. The molecule has 1 aromatic heterocycles. The number of halogens is 1. The van der Waals surface area contributed by atoms with Crippen LogP contribution in [0, 0.1) is 6.92 Å². The molecule has 0 saturated carbocycles. The highest BCUT2D eigenvalue weighted by molar-refractivity contribution is 6.36. The highest BCUT2D eigenvalue weighted by Gasteiger charge is 2.24. The number of aromatic nitrogens is 1. The highest BCUT2D eigenvalue weighted by atomic mass is 35.5. The predicted octanol–water partition coefficient (Wildman–Crippen LogP) is 4.47. The van der Waals surface area contributed by atoms with Gasteiger partial charge in [-0.15, -0.1) is 0 Å². The van der Waals surface area contributed by atoms with Crippen molar-refractivity contribution < 1.29 is 19.4 Å². The number of allylic oxidation sites excluding steroid dienone is 1. The van der Waals surface area contributed by atoms with Gasteiger partial charge in [-0.25, -0.2) is 4.98 Å². The van der Waals surface area contributed by atoms with E-state index >= 15 is 0 Å². The Morgan fingerprint density at radius 1 is 1.15 bits per heavy atom. The SMILES string of the molecule is COc1nc(-c2cccc(-c3cccc(NC(=O)C4=C(C)C=NNC4)c3C)c2Cl)ccc1CN[C@@H]1CCOC[C@@H]1O. The van der Waals surface area contributed by atoms with Crippen molar-refractivity contribution in [1.29, 1.82) is 0 Å². The number of aliphatic hydroxyl groups is 1. The van der Waals surface area contributed by atoms with Gasteiger partial charge in [-0.1, -0.05) is 48.0 Å². The first-order valence-electron chi connectivity index (χ1n) is 13.6. The molecule has 41 heavy (non-hydrogen) atoms. The maximum absolute atomic E-state index is 13.0. The molecule has 0 aliphatic carbocycles. The van der Waals surface area contributed by atoms with Gasteiger partial charge in [-0.3, -0.25) is 4.79 Å². The Bertz CT molecular complexity index is 1510. The fourth-order valence-electron chi connectivity index (χ4n) is 5.07. The van der Waals surface area contributed by atoms with Crippen LogP contribution in [0.2, 0.25) is 5.02 Å². The number of ether oxygens (including phenoxy) is 2. The van der Waals surface area contributed by atoms with Crippen molar-refractivity contribution in [2.75, 3.05) is 32.2 Å². The Hall–Kier alpha value is -3.76. The van der Waals surface area contributed by atoms with Crippen LogP contribution in [0.5, 0.6) is 5.88 Å². The van der Waals surface area contributed by atoms with Crippen molar-refractivity contribution in [3.8, 4) is 28.3 Å². The van der Waals surface area contributed by atoms with E-state index in [4.69, 9.17) is 26.1 Å². The van der Waals surface area contributed by atoms with Crippen LogP contribution in [0.4, 0.5) is 5.69 Å². The van der Waals surface area contributed by atoms with Gasteiger partial charge in [0.15, 0.2) is 0 Å². The number of aliphatic hydroxyl groups excluding tert-OH is 1. The molecule has 9 nitrogen and oxygen atoms in total. The summed E-state index contributed by atoms with van der Waals surface area (Å²) in [5.41, 5.74) is 10.0. The van der Waals surface area contributed by atoms with Crippen LogP contribution in [0.15, 0.2) is 64.8 Å². The molecule has 1 fully saturated rings. The number of carbonyl (C=O) groups is 1. The van der Waals surface area contributed by atoms with Crippen LogP contribution in [-0.2, 0) is 16.1 Å². The third-order valence-electron chi connectivity index (χ3n) is 7.52. The Balaban J connectivity index is 1.40. The van der Waals surface area contributed by atoms with E-state index in [9.17, 15) is 9.90 Å². The maximum Gasteiger partial charge on any atom is 0.253 e. The Kier molecular flexibility index (Phi) is 8.99. The maximum atomic E-state index is 13.0. The number of pyridine rings is 1. The zero-order chi connectivity index (χ0) is 28.9. The van der Waals surface area contributed by atoms with Gasteiger partial charge in [0.1, 0.15) is 0 Å². The summed E-state index contributed by atoms with van der Waals surface area (Å²) in [6.07, 6.45) is 1.85. The molecule has 0 bridgehead atoms. The van der Waals surface area contributed by atoms with Crippen molar-refractivity contribution in [1.82, 2.24) is 15.7 Å². The van der Waals surface area contributed by atoms with E-state index in [-0.39, 0.29) is 11.9 Å². The minimum atomic E-state index is -0.543. The van der Waals surface area contributed by atoms with E-state index < -0.39 is 6.10 Å². The van der Waals surface area contributed by atoms with Crippen LogP contribution < -0.4 is 20.8 Å². The number of amides is 1. The molecule has 3 heterocycles. The minimum absolute atomic E-state index is 0.0445. The molecule has 214 valence electrons. The number of hydrogen-bond acceptors (Lipinski definition) is 8. The zero-order valence-electron chi connectivity index (χ0n) is 23.3. The summed E-state index contributed by atoms with van der Waals surface area (Å²) in [6.45, 7) is 5.68. The third-order valence-corrected chi connectivity index (χ3v) is 7.92. The lowest BCUT2D eigenvalue weighted by molar-refractivity contribution is -0.113. The van der Waals surface area contributed by atoms with Gasteiger partial charge in [0, 0.05) is 47.1 Å². The average molecular weight is 576 g/mol. The minimum Gasteiger partial charge on any atom is -0.481 e. The quantitative estimate of drug-likeness (QED) is 0.313. The zero-order valence-corrected chi connectivity index (χ0v) is 24.1. The summed E-state index contributed by atoms with van der Waals surface area (Å²) in [7, 11) is 1.59. The molecule has 0 unspecified atom stereocenters. The standard InChI is InChI=1S/C31H34ClN5O4/c1-18-14-34-35-16-24(18)30(39)36-25-9-5-6-21(19(25)2)22-7-4-8-23(29(22)32)26-11-10-20(31(37-26)40-3)15-33-27-12-13-41-17-28(27)38/h4-11,14,27-28,33,35,38H,12-13,15-17H2,1-3H3,(H,36,39)/t27-,28+/m1/s1. The molecule has 1 saturated heterocycles. The lowest BCUT2D eigenvalue weighted by Crippen LogP contribution is -2.46. The summed E-state index contributed by atoms with van der Waals surface area (Å²) < 4.78 is 10.9. The first-order valence-corrected chi connectivity index (χ1v) is 13.9. The van der Waals surface area contributed by atoms with E-state index in [1.807, 2.05) is 62.4 Å². The number of carbonyl (C=O) groups excluding carboxylic acids is 1. The van der Waals surface area contributed by atoms with Crippen molar-refractivity contribution in [3.63, 3.8) is 0 Å². The summed E-state index contributed by atoms with van der Waals surface area (Å²) in [5, 5.41) is 21.2. The van der Waals surface area contributed by atoms with Gasteiger partial charge < -0.3 is 30.6 Å². The second-order valence-corrected chi connectivity index (χ2v) is 10.5. The highest BCUT2D eigenvalue weighted by Crippen LogP contribution is 2.39. The number of benzene rings is 2. The smallest absolute Gasteiger partial charge is 0.253 e. The number of hydrazone groups is 1. The molecule has 2 atom stereocenters. The van der Waals surface area contributed by atoms with Crippen LogP contribution in [-0.4, -0.2) is 61.2 Å². The molecular weight excluding hydrogens is 542 g/mol. The molecule has 3 aromatic rings. The molecule has 4 N–H and O–H groups in total. The first-order chi connectivity index (χ1) is 19.9. The second kappa shape index (κ2) is 12.8. The van der Waals surface area contributed by atoms with Crippen LogP contribution in [0.1, 0.15) is 24.5 Å². The molecule has 1 amide bonds. The van der Waals surface area contributed by atoms with Gasteiger partial charge in [0.25, 0.3) is 5.91 Å². The average Bonchev–Trinajstić information content (AvgIpc) is 2.98. The number of methoxy groups -OCH3 is 1. The number of nitrogens with zero attached hydrogens (tertiary/aromatic N) is 2. The molecule has 0 radical (unpaired) electrons. The third kappa shape index (κ3) is 6.28. The molecule has 2 aliphatic rings. The van der Waals surface area contributed by atoms with E-state index in [1.54, 1.807) is 13.3 Å².